The molecule has 24 heavy (non-hydrogen) atoms. The number of aromatic nitrogens is 2. The van der Waals surface area contributed by atoms with Crippen LogP contribution in [0.1, 0.15) is 18.4 Å². The Balaban J connectivity index is 1.60. The number of carbonyl (C=O) groups excluding carboxylic acids is 1. The second kappa shape index (κ2) is 6.09. The number of hydrogen-bond acceptors (Lipinski definition) is 3. The Morgan fingerprint density at radius 2 is 2.25 bits per heavy atom. The van der Waals surface area contributed by atoms with Gasteiger partial charge in [0.25, 0.3) is 5.91 Å². The number of benzene rings is 1. The second-order valence-corrected chi connectivity index (χ2v) is 6.17. The molecule has 4 rings (SSSR count). The van der Waals surface area contributed by atoms with Crippen LogP contribution in [0.3, 0.4) is 0 Å². The number of imidazole rings is 1. The number of hydrogen-bond donors (Lipinski definition) is 1. The molecule has 0 bridgehead atoms. The summed E-state index contributed by atoms with van der Waals surface area (Å²) in [4.78, 5) is 16.9. The third-order valence-electron chi connectivity index (χ3n) is 4.26. The summed E-state index contributed by atoms with van der Waals surface area (Å²) in [5.41, 5.74) is 4.72. The summed E-state index contributed by atoms with van der Waals surface area (Å²) in [6.07, 6.45) is 5.41. The average Bonchev–Trinajstić information content (AvgIpc) is 3.24. The quantitative estimate of drug-likeness (QED) is 0.804. The Hall–Kier alpha value is -2.66. The van der Waals surface area contributed by atoms with Gasteiger partial charge in [0.15, 0.2) is 0 Å². The van der Waals surface area contributed by atoms with Gasteiger partial charge in [0, 0.05) is 30.3 Å². The summed E-state index contributed by atoms with van der Waals surface area (Å²) < 4.78 is 7.43. The van der Waals surface area contributed by atoms with Crippen molar-refractivity contribution in [1.82, 2.24) is 9.38 Å². The fourth-order valence-corrected chi connectivity index (χ4v) is 2.99. The molecule has 1 aliphatic heterocycles. The van der Waals surface area contributed by atoms with Gasteiger partial charge < -0.3 is 14.5 Å². The maximum absolute atomic E-state index is 12.2. The molecule has 122 valence electrons. The first-order chi connectivity index (χ1) is 11.7. The number of nitrogens with zero attached hydrogens (tertiary/aromatic N) is 2. The van der Waals surface area contributed by atoms with Crippen LogP contribution >= 0.6 is 0 Å². The number of ether oxygens (including phenoxy) is 1. The van der Waals surface area contributed by atoms with E-state index in [1.54, 1.807) is 0 Å². The molecule has 1 aromatic carbocycles. The number of nitrogens with one attached hydrogen (secondary N) is 1. The SMILES string of the molecule is Cc1ccn2cc(-c3cccc(NC(=O)C4CCCO4)c3)nc2c1. The first-order valence-electron chi connectivity index (χ1n) is 8.17. The van der Waals surface area contributed by atoms with Crippen LogP contribution in [0.15, 0.2) is 48.8 Å². The molecule has 2 aromatic heterocycles. The molecule has 0 aliphatic carbocycles. The molecular weight excluding hydrogens is 302 g/mol. The summed E-state index contributed by atoms with van der Waals surface area (Å²) in [5.74, 6) is -0.0738. The molecule has 1 fully saturated rings. The van der Waals surface area contributed by atoms with Crippen molar-refractivity contribution in [2.24, 2.45) is 0 Å². The molecule has 0 spiro atoms. The molecule has 1 atom stereocenters. The van der Waals surface area contributed by atoms with Crippen LogP contribution in [-0.2, 0) is 9.53 Å². The van der Waals surface area contributed by atoms with Crippen molar-refractivity contribution in [1.29, 1.82) is 0 Å². The van der Waals surface area contributed by atoms with Gasteiger partial charge in [-0.1, -0.05) is 12.1 Å². The molecule has 0 saturated carbocycles. The van der Waals surface area contributed by atoms with E-state index in [4.69, 9.17) is 4.74 Å². The fourth-order valence-electron chi connectivity index (χ4n) is 2.99. The number of rotatable bonds is 3. The topological polar surface area (TPSA) is 55.6 Å². The van der Waals surface area contributed by atoms with Gasteiger partial charge >= 0.3 is 0 Å². The lowest BCUT2D eigenvalue weighted by atomic mass is 10.1. The van der Waals surface area contributed by atoms with E-state index >= 15 is 0 Å². The number of aryl methyl sites for hydroxylation is 1. The summed E-state index contributed by atoms with van der Waals surface area (Å²) in [7, 11) is 0. The molecule has 3 heterocycles. The van der Waals surface area contributed by atoms with Crippen molar-refractivity contribution in [3.8, 4) is 11.3 Å². The standard InChI is InChI=1S/C19H19N3O2/c1-13-7-8-22-12-16(21-18(22)10-13)14-4-2-5-15(11-14)20-19(23)17-6-3-9-24-17/h2,4-5,7-8,10-12,17H,3,6,9H2,1H3,(H,20,23). The predicted molar refractivity (Wildman–Crippen MR) is 93.0 cm³/mol. The molecule has 3 aromatic rings. The molecule has 5 nitrogen and oxygen atoms in total. The number of fused-ring (bicyclic) bond motifs is 1. The van der Waals surface area contributed by atoms with Gasteiger partial charge in [-0.15, -0.1) is 0 Å². The zero-order valence-electron chi connectivity index (χ0n) is 13.5. The number of anilines is 1. The summed E-state index contributed by atoms with van der Waals surface area (Å²) >= 11 is 0. The molecule has 1 N–H and O–H groups in total. The molecule has 1 amide bonds. The Morgan fingerprint density at radius 3 is 3.08 bits per heavy atom. The first kappa shape index (κ1) is 14.9. The van der Waals surface area contributed by atoms with Gasteiger partial charge in [-0.2, -0.15) is 0 Å². The smallest absolute Gasteiger partial charge is 0.253 e. The van der Waals surface area contributed by atoms with Gasteiger partial charge in [0.2, 0.25) is 0 Å². The number of amides is 1. The van der Waals surface area contributed by atoms with Crippen LogP contribution in [0.2, 0.25) is 0 Å². The predicted octanol–water partition coefficient (Wildman–Crippen LogP) is 3.43. The summed E-state index contributed by atoms with van der Waals surface area (Å²) in [6, 6.07) is 11.9. The van der Waals surface area contributed by atoms with Crippen LogP contribution in [0, 0.1) is 6.92 Å². The normalized spacial score (nSPS) is 17.3. The van der Waals surface area contributed by atoms with E-state index in [2.05, 4.69) is 23.3 Å². The van der Waals surface area contributed by atoms with E-state index in [1.165, 1.54) is 5.56 Å². The highest BCUT2D eigenvalue weighted by Gasteiger charge is 2.23. The van der Waals surface area contributed by atoms with Crippen molar-refractivity contribution >= 4 is 17.2 Å². The lowest BCUT2D eigenvalue weighted by Crippen LogP contribution is -2.26. The molecule has 0 radical (unpaired) electrons. The third kappa shape index (κ3) is 2.90. The van der Waals surface area contributed by atoms with Crippen molar-refractivity contribution < 1.29 is 9.53 Å². The zero-order valence-corrected chi connectivity index (χ0v) is 13.5. The van der Waals surface area contributed by atoms with Crippen LogP contribution in [0.25, 0.3) is 16.9 Å². The average molecular weight is 321 g/mol. The van der Waals surface area contributed by atoms with E-state index in [-0.39, 0.29) is 12.0 Å². The van der Waals surface area contributed by atoms with Gasteiger partial charge in [0.1, 0.15) is 11.8 Å². The van der Waals surface area contributed by atoms with Crippen LogP contribution in [-0.4, -0.2) is 28.0 Å². The van der Waals surface area contributed by atoms with Crippen molar-refractivity contribution in [2.45, 2.75) is 25.9 Å². The largest absolute Gasteiger partial charge is 0.368 e. The highest BCUT2D eigenvalue weighted by atomic mass is 16.5. The molecular formula is C19H19N3O2. The van der Waals surface area contributed by atoms with Gasteiger partial charge in [-0.3, -0.25) is 4.79 Å². The second-order valence-electron chi connectivity index (χ2n) is 6.17. The van der Waals surface area contributed by atoms with E-state index in [0.29, 0.717) is 6.61 Å². The minimum atomic E-state index is -0.327. The molecule has 1 aliphatic rings. The molecule has 5 heteroatoms. The maximum Gasteiger partial charge on any atom is 0.253 e. The summed E-state index contributed by atoms with van der Waals surface area (Å²) in [5, 5.41) is 2.94. The minimum absolute atomic E-state index is 0.0738. The van der Waals surface area contributed by atoms with Crippen molar-refractivity contribution in [2.75, 3.05) is 11.9 Å². The lowest BCUT2D eigenvalue weighted by molar-refractivity contribution is -0.124. The summed E-state index contributed by atoms with van der Waals surface area (Å²) in [6.45, 7) is 2.72. The van der Waals surface area contributed by atoms with E-state index in [9.17, 15) is 4.79 Å². The van der Waals surface area contributed by atoms with Crippen LogP contribution in [0.4, 0.5) is 5.69 Å². The van der Waals surface area contributed by atoms with Crippen LogP contribution < -0.4 is 5.32 Å². The fraction of sp³-hybridized carbons (Fsp3) is 0.263. The number of carbonyl (C=O) groups is 1. The Kier molecular flexibility index (Phi) is 3.78. The molecule has 1 unspecified atom stereocenters. The van der Waals surface area contributed by atoms with E-state index in [1.807, 2.05) is 47.1 Å². The number of pyridine rings is 1. The van der Waals surface area contributed by atoms with Crippen molar-refractivity contribution in [3.05, 3.63) is 54.4 Å². The minimum Gasteiger partial charge on any atom is -0.368 e. The Morgan fingerprint density at radius 1 is 1.33 bits per heavy atom. The Labute approximate surface area is 140 Å². The first-order valence-corrected chi connectivity index (χ1v) is 8.17. The van der Waals surface area contributed by atoms with Gasteiger partial charge in [-0.05, 0) is 49.6 Å². The zero-order chi connectivity index (χ0) is 16.5. The maximum atomic E-state index is 12.2. The van der Waals surface area contributed by atoms with Gasteiger partial charge in [0.05, 0.1) is 5.69 Å². The third-order valence-corrected chi connectivity index (χ3v) is 4.26. The highest BCUT2D eigenvalue weighted by Crippen LogP contribution is 2.23. The van der Waals surface area contributed by atoms with E-state index in [0.717, 1.165) is 35.4 Å². The molecule has 1 saturated heterocycles. The lowest BCUT2D eigenvalue weighted by Gasteiger charge is -2.11. The van der Waals surface area contributed by atoms with Crippen LogP contribution in [0.5, 0.6) is 0 Å². The van der Waals surface area contributed by atoms with Gasteiger partial charge in [-0.25, -0.2) is 4.98 Å². The van der Waals surface area contributed by atoms with E-state index < -0.39 is 0 Å². The van der Waals surface area contributed by atoms with Crippen molar-refractivity contribution in [3.63, 3.8) is 0 Å². The monoisotopic (exact) mass is 321 g/mol. The highest BCUT2D eigenvalue weighted by molar-refractivity contribution is 5.94. The Bertz CT molecular complexity index is 895.